The van der Waals surface area contributed by atoms with E-state index in [1.165, 1.54) is 24.5 Å². The second kappa shape index (κ2) is 10.6. The van der Waals surface area contributed by atoms with Gasteiger partial charge in [-0.3, -0.25) is 4.79 Å². The van der Waals surface area contributed by atoms with E-state index >= 15 is 0 Å². The predicted molar refractivity (Wildman–Crippen MR) is 119 cm³/mol. The highest BCUT2D eigenvalue weighted by Gasteiger charge is 2.34. The Kier molecular flexibility index (Phi) is 7.52. The van der Waals surface area contributed by atoms with Crippen molar-refractivity contribution in [2.75, 3.05) is 5.32 Å². The summed E-state index contributed by atoms with van der Waals surface area (Å²) < 4.78 is 95.3. The summed E-state index contributed by atoms with van der Waals surface area (Å²) in [5, 5.41) is 10.2. The molecule has 0 bridgehead atoms. The Morgan fingerprint density at radius 1 is 1.00 bits per heavy atom. The van der Waals surface area contributed by atoms with Crippen LogP contribution in [0.15, 0.2) is 66.1 Å². The quantitative estimate of drug-likeness (QED) is 0.178. The zero-order chi connectivity index (χ0) is 27.5. The summed E-state index contributed by atoms with van der Waals surface area (Å²) in [5.74, 6) is -2.99. The van der Waals surface area contributed by atoms with Crippen molar-refractivity contribution < 1.29 is 40.3 Å². The number of carbonyl (C=O) groups is 1. The molecule has 4 rings (SSSR count). The molecule has 1 N–H and O–H groups in total. The minimum Gasteiger partial charge on any atom is -0.406 e. The fourth-order valence-electron chi connectivity index (χ4n) is 3.11. The number of nitrogens with one attached hydrogen (secondary N) is 1. The van der Waals surface area contributed by atoms with Gasteiger partial charge in [-0.15, -0.1) is 18.3 Å². The highest BCUT2D eigenvalue weighted by Crippen LogP contribution is 2.33. The molecule has 4 aromatic rings. The molecule has 2 heterocycles. The van der Waals surface area contributed by atoms with Crippen LogP contribution in [0.3, 0.4) is 0 Å². The minimum absolute atomic E-state index is 0.0161. The Morgan fingerprint density at radius 2 is 1.68 bits per heavy atom. The van der Waals surface area contributed by atoms with Crippen LogP contribution < -0.4 is 10.1 Å². The van der Waals surface area contributed by atoms with E-state index in [2.05, 4.69) is 30.3 Å². The fourth-order valence-corrected chi connectivity index (χ4v) is 3.90. The lowest BCUT2D eigenvalue weighted by Crippen LogP contribution is -2.17. The van der Waals surface area contributed by atoms with Gasteiger partial charge in [-0.1, -0.05) is 17.0 Å². The van der Waals surface area contributed by atoms with Crippen molar-refractivity contribution in [1.82, 2.24) is 25.0 Å². The number of halogens is 7. The Morgan fingerprint density at radius 3 is 2.32 bits per heavy atom. The third-order valence-electron chi connectivity index (χ3n) is 4.70. The first kappa shape index (κ1) is 26.8. The molecule has 38 heavy (non-hydrogen) atoms. The van der Waals surface area contributed by atoms with Crippen molar-refractivity contribution in [2.24, 2.45) is 0 Å². The SMILES string of the molecule is O=C(Nc1ccc(F)c(C(F)(F)F)c1)c1nnn(-c2ccc(OC(F)(F)F)cc2)c1CSc1ncccn1. The van der Waals surface area contributed by atoms with Gasteiger partial charge in [0.05, 0.1) is 16.9 Å². The molecule has 8 nitrogen and oxygen atoms in total. The van der Waals surface area contributed by atoms with Crippen molar-refractivity contribution in [3.05, 3.63) is 83.7 Å². The number of aromatic nitrogens is 5. The van der Waals surface area contributed by atoms with E-state index in [0.29, 0.717) is 17.3 Å². The molecule has 0 saturated carbocycles. The fraction of sp³-hybridized carbons (Fsp3) is 0.136. The van der Waals surface area contributed by atoms with Gasteiger partial charge in [0.25, 0.3) is 5.91 Å². The maximum absolute atomic E-state index is 13.6. The molecular weight excluding hydrogens is 545 g/mol. The number of nitrogens with zero attached hydrogens (tertiary/aromatic N) is 5. The standard InChI is InChI=1S/C22H13F7N6O2S/c23-16-7-2-12(10-15(16)21(24,25)26)32-19(36)18-17(11-38-20-30-8-1-9-31-20)35(34-33-18)13-3-5-14(6-4-13)37-22(27,28)29/h1-10H,11H2,(H,32,36). The maximum Gasteiger partial charge on any atom is 0.573 e. The average Bonchev–Trinajstić information content (AvgIpc) is 3.27. The molecule has 0 fully saturated rings. The Bertz CT molecular complexity index is 1430. The van der Waals surface area contributed by atoms with Gasteiger partial charge in [0.1, 0.15) is 11.6 Å². The Labute approximate surface area is 212 Å². The summed E-state index contributed by atoms with van der Waals surface area (Å²) in [6.45, 7) is 0. The third-order valence-corrected chi connectivity index (χ3v) is 5.59. The van der Waals surface area contributed by atoms with Gasteiger partial charge in [-0.2, -0.15) is 13.2 Å². The molecule has 0 spiro atoms. The van der Waals surface area contributed by atoms with Crippen LogP contribution in [0.5, 0.6) is 5.75 Å². The molecular formula is C22H13F7N6O2S. The summed E-state index contributed by atoms with van der Waals surface area (Å²) in [5.41, 5.74) is -1.89. The van der Waals surface area contributed by atoms with Crippen molar-refractivity contribution >= 4 is 23.4 Å². The summed E-state index contributed by atoms with van der Waals surface area (Å²) in [7, 11) is 0. The smallest absolute Gasteiger partial charge is 0.406 e. The van der Waals surface area contributed by atoms with E-state index in [4.69, 9.17) is 0 Å². The molecule has 198 valence electrons. The average molecular weight is 558 g/mol. The number of amides is 1. The van der Waals surface area contributed by atoms with E-state index in [1.54, 1.807) is 6.07 Å². The summed E-state index contributed by atoms with van der Waals surface area (Å²) >= 11 is 1.07. The first-order chi connectivity index (χ1) is 17.9. The van der Waals surface area contributed by atoms with E-state index in [0.717, 1.165) is 34.6 Å². The molecule has 0 atom stereocenters. The number of benzene rings is 2. The van der Waals surface area contributed by atoms with Gasteiger partial charge in [-0.25, -0.2) is 19.0 Å². The molecule has 0 radical (unpaired) electrons. The second-order valence-corrected chi connectivity index (χ2v) is 8.25. The van der Waals surface area contributed by atoms with Gasteiger partial charge in [-0.05, 0) is 48.5 Å². The van der Waals surface area contributed by atoms with Crippen molar-refractivity contribution in [3.63, 3.8) is 0 Å². The van der Waals surface area contributed by atoms with Crippen molar-refractivity contribution in [2.45, 2.75) is 23.4 Å². The van der Waals surface area contributed by atoms with Crippen LogP contribution in [-0.2, 0) is 11.9 Å². The zero-order valence-corrected chi connectivity index (χ0v) is 19.4. The number of rotatable bonds is 7. The predicted octanol–water partition coefficient (Wildman–Crippen LogP) is 5.66. The lowest BCUT2D eigenvalue weighted by molar-refractivity contribution is -0.274. The summed E-state index contributed by atoms with van der Waals surface area (Å²) in [6.07, 6.45) is -6.94. The number of ether oxygens (including phenoxy) is 1. The summed E-state index contributed by atoms with van der Waals surface area (Å²) in [6, 6.07) is 8.04. The lowest BCUT2D eigenvalue weighted by Gasteiger charge is -2.12. The topological polar surface area (TPSA) is 94.8 Å². The number of thioether (sulfide) groups is 1. The van der Waals surface area contributed by atoms with Gasteiger partial charge in [0.2, 0.25) is 0 Å². The van der Waals surface area contributed by atoms with Gasteiger partial charge in [0, 0.05) is 23.8 Å². The van der Waals surface area contributed by atoms with Crippen LogP contribution in [0.25, 0.3) is 5.69 Å². The Hall–Kier alpha value is -4.21. The first-order valence-electron chi connectivity index (χ1n) is 10.3. The first-order valence-corrected chi connectivity index (χ1v) is 11.3. The van der Waals surface area contributed by atoms with Crippen LogP contribution in [0.2, 0.25) is 0 Å². The molecule has 2 aromatic heterocycles. The highest BCUT2D eigenvalue weighted by molar-refractivity contribution is 7.98. The molecule has 16 heteroatoms. The molecule has 0 unspecified atom stereocenters. The molecule has 0 saturated heterocycles. The largest absolute Gasteiger partial charge is 0.573 e. The second-order valence-electron chi connectivity index (χ2n) is 7.30. The zero-order valence-electron chi connectivity index (χ0n) is 18.6. The molecule has 0 aliphatic rings. The molecule has 0 aliphatic carbocycles. The maximum atomic E-state index is 13.6. The Balaban J connectivity index is 1.65. The van der Waals surface area contributed by atoms with E-state index < -0.39 is 35.6 Å². The van der Waals surface area contributed by atoms with Crippen molar-refractivity contribution in [1.29, 1.82) is 0 Å². The van der Waals surface area contributed by atoms with E-state index in [9.17, 15) is 35.5 Å². The lowest BCUT2D eigenvalue weighted by atomic mass is 10.1. The van der Waals surface area contributed by atoms with Gasteiger partial charge in [0.15, 0.2) is 10.9 Å². The normalized spacial score (nSPS) is 11.9. The molecule has 1 amide bonds. The summed E-state index contributed by atoms with van der Waals surface area (Å²) in [4.78, 5) is 21.1. The van der Waals surface area contributed by atoms with Crippen LogP contribution in [-0.4, -0.2) is 37.2 Å². The number of alkyl halides is 6. The van der Waals surface area contributed by atoms with Crippen LogP contribution in [0, 0.1) is 5.82 Å². The highest BCUT2D eigenvalue weighted by atomic mass is 32.2. The number of hydrogen-bond donors (Lipinski definition) is 1. The van der Waals surface area contributed by atoms with E-state index in [-0.39, 0.29) is 28.5 Å². The molecule has 2 aromatic carbocycles. The number of hydrogen-bond acceptors (Lipinski definition) is 7. The van der Waals surface area contributed by atoms with Crippen LogP contribution in [0.4, 0.5) is 36.4 Å². The molecule has 0 aliphatic heterocycles. The number of anilines is 1. The minimum atomic E-state index is -4.99. The third kappa shape index (κ3) is 6.56. The van der Waals surface area contributed by atoms with Gasteiger partial charge < -0.3 is 10.1 Å². The van der Waals surface area contributed by atoms with Gasteiger partial charge >= 0.3 is 12.5 Å². The number of carbonyl (C=O) groups excluding carboxylic acids is 1. The van der Waals surface area contributed by atoms with Crippen LogP contribution >= 0.6 is 11.8 Å². The van der Waals surface area contributed by atoms with Crippen LogP contribution in [0.1, 0.15) is 21.7 Å². The van der Waals surface area contributed by atoms with E-state index in [1.807, 2.05) is 0 Å². The van der Waals surface area contributed by atoms with Crippen molar-refractivity contribution in [3.8, 4) is 11.4 Å². The monoisotopic (exact) mass is 558 g/mol.